The van der Waals surface area contributed by atoms with E-state index in [1.807, 2.05) is 31.2 Å². The second kappa shape index (κ2) is 6.33. The van der Waals surface area contributed by atoms with Gasteiger partial charge in [0.15, 0.2) is 0 Å². The summed E-state index contributed by atoms with van der Waals surface area (Å²) in [6.45, 7) is 4.04. The smallest absolute Gasteiger partial charge is 0.145 e. The van der Waals surface area contributed by atoms with Gasteiger partial charge in [-0.05, 0) is 30.0 Å². The summed E-state index contributed by atoms with van der Waals surface area (Å²) >= 11 is 0. The van der Waals surface area contributed by atoms with Crippen molar-refractivity contribution < 1.29 is 4.79 Å². The molecule has 0 saturated heterocycles. The molecule has 0 amide bonds. The van der Waals surface area contributed by atoms with Crippen LogP contribution < -0.4 is 0 Å². The summed E-state index contributed by atoms with van der Waals surface area (Å²) in [5.41, 5.74) is 3.10. The van der Waals surface area contributed by atoms with Gasteiger partial charge in [0.2, 0.25) is 0 Å². The van der Waals surface area contributed by atoms with Gasteiger partial charge < -0.3 is 0 Å². The standard InChI is InChI=1S/C19H20O/c1-16(15-20)13-19(2,18-11-7-4-8-12-18)14-17-9-5-3-6-10-17/h3-13,15H,14H2,1-2H3/b16-13+. The zero-order chi connectivity index (χ0) is 14.4. The maximum absolute atomic E-state index is 11.0. The van der Waals surface area contributed by atoms with E-state index in [1.165, 1.54) is 11.1 Å². The van der Waals surface area contributed by atoms with Crippen molar-refractivity contribution in [2.24, 2.45) is 0 Å². The topological polar surface area (TPSA) is 17.1 Å². The molecule has 2 aromatic rings. The Bertz CT molecular complexity index is 584. The summed E-state index contributed by atoms with van der Waals surface area (Å²) in [6.07, 6.45) is 3.87. The Balaban J connectivity index is 2.42. The van der Waals surface area contributed by atoms with E-state index in [0.29, 0.717) is 0 Å². The number of hydrogen-bond acceptors (Lipinski definition) is 1. The molecule has 20 heavy (non-hydrogen) atoms. The Labute approximate surface area is 121 Å². The number of aldehydes is 1. The zero-order valence-electron chi connectivity index (χ0n) is 12.0. The van der Waals surface area contributed by atoms with Crippen LogP contribution in [0.3, 0.4) is 0 Å². The second-order valence-corrected chi connectivity index (χ2v) is 5.45. The van der Waals surface area contributed by atoms with Crippen LogP contribution in [0.1, 0.15) is 25.0 Å². The number of hydrogen-bond donors (Lipinski definition) is 0. The predicted molar refractivity (Wildman–Crippen MR) is 83.8 cm³/mol. The summed E-state index contributed by atoms with van der Waals surface area (Å²) in [6, 6.07) is 20.7. The molecule has 1 heteroatoms. The van der Waals surface area contributed by atoms with Crippen LogP contribution in [0.25, 0.3) is 0 Å². The van der Waals surface area contributed by atoms with Gasteiger partial charge in [-0.15, -0.1) is 0 Å². The van der Waals surface area contributed by atoms with Crippen molar-refractivity contribution in [1.29, 1.82) is 0 Å². The van der Waals surface area contributed by atoms with Gasteiger partial charge in [-0.3, -0.25) is 4.79 Å². The lowest BCUT2D eigenvalue weighted by atomic mass is 9.76. The second-order valence-electron chi connectivity index (χ2n) is 5.45. The quantitative estimate of drug-likeness (QED) is 0.580. The molecule has 0 heterocycles. The third kappa shape index (κ3) is 3.45. The van der Waals surface area contributed by atoms with Gasteiger partial charge in [0.05, 0.1) is 0 Å². The Kier molecular flexibility index (Phi) is 4.52. The highest BCUT2D eigenvalue weighted by atomic mass is 16.1. The van der Waals surface area contributed by atoms with Crippen molar-refractivity contribution in [2.45, 2.75) is 25.7 Å². The summed E-state index contributed by atoms with van der Waals surface area (Å²) in [5.74, 6) is 0. The maximum Gasteiger partial charge on any atom is 0.145 e. The first-order valence-corrected chi connectivity index (χ1v) is 6.88. The van der Waals surface area contributed by atoms with Crippen LogP contribution in [0.4, 0.5) is 0 Å². The number of benzene rings is 2. The molecule has 2 aromatic carbocycles. The van der Waals surface area contributed by atoms with Crippen molar-refractivity contribution >= 4 is 6.29 Å². The molecule has 0 aromatic heterocycles. The summed E-state index contributed by atoms with van der Waals surface area (Å²) < 4.78 is 0. The summed E-state index contributed by atoms with van der Waals surface area (Å²) in [4.78, 5) is 11.0. The third-order valence-corrected chi connectivity index (χ3v) is 3.58. The van der Waals surface area contributed by atoms with Crippen LogP contribution in [-0.2, 0) is 16.6 Å². The molecule has 1 unspecified atom stereocenters. The van der Waals surface area contributed by atoms with Gasteiger partial charge in [0.25, 0.3) is 0 Å². The minimum atomic E-state index is -0.173. The van der Waals surface area contributed by atoms with Crippen LogP contribution in [0.15, 0.2) is 72.3 Å². The lowest BCUT2D eigenvalue weighted by Gasteiger charge is -2.27. The molecule has 1 nitrogen and oxygen atoms in total. The molecule has 0 aliphatic heterocycles. The van der Waals surface area contributed by atoms with Gasteiger partial charge in [0, 0.05) is 5.41 Å². The largest absolute Gasteiger partial charge is 0.298 e. The van der Waals surface area contributed by atoms with Crippen molar-refractivity contribution in [3.05, 3.63) is 83.4 Å². The number of carbonyl (C=O) groups excluding carboxylic acids is 1. The van der Waals surface area contributed by atoms with Gasteiger partial charge in [-0.25, -0.2) is 0 Å². The van der Waals surface area contributed by atoms with Crippen LogP contribution in [-0.4, -0.2) is 6.29 Å². The Morgan fingerprint density at radius 2 is 1.55 bits per heavy atom. The molecule has 0 aliphatic carbocycles. The number of rotatable bonds is 5. The molecule has 0 radical (unpaired) electrons. The molecule has 1 atom stereocenters. The average Bonchev–Trinajstić information content (AvgIpc) is 2.49. The normalized spacial score (nSPS) is 14.6. The molecule has 0 N–H and O–H groups in total. The van der Waals surface area contributed by atoms with Gasteiger partial charge in [0.1, 0.15) is 6.29 Å². The molecule has 0 fully saturated rings. The van der Waals surface area contributed by atoms with E-state index in [2.05, 4.69) is 49.4 Å². The number of carbonyl (C=O) groups is 1. The first kappa shape index (κ1) is 14.3. The predicted octanol–water partition coefficient (Wildman–Crippen LogP) is 4.33. The highest BCUT2D eigenvalue weighted by Gasteiger charge is 2.24. The van der Waals surface area contributed by atoms with E-state index in [-0.39, 0.29) is 5.41 Å². The van der Waals surface area contributed by atoms with Crippen LogP contribution in [0, 0.1) is 0 Å². The summed E-state index contributed by atoms with van der Waals surface area (Å²) in [5, 5.41) is 0. The third-order valence-electron chi connectivity index (χ3n) is 3.58. The average molecular weight is 264 g/mol. The van der Waals surface area contributed by atoms with Gasteiger partial charge in [-0.1, -0.05) is 73.7 Å². The van der Waals surface area contributed by atoms with Crippen molar-refractivity contribution in [1.82, 2.24) is 0 Å². The monoisotopic (exact) mass is 264 g/mol. The van der Waals surface area contributed by atoms with Crippen molar-refractivity contribution in [3.8, 4) is 0 Å². The van der Waals surface area contributed by atoms with Crippen LogP contribution >= 0.6 is 0 Å². The number of allylic oxidation sites excluding steroid dienone is 2. The van der Waals surface area contributed by atoms with E-state index < -0.39 is 0 Å². The Hall–Kier alpha value is -2.15. The molecule has 0 bridgehead atoms. The molecule has 0 saturated carbocycles. The zero-order valence-corrected chi connectivity index (χ0v) is 12.0. The fourth-order valence-corrected chi connectivity index (χ4v) is 2.61. The molecule has 0 aliphatic rings. The summed E-state index contributed by atoms with van der Waals surface area (Å²) in [7, 11) is 0. The van der Waals surface area contributed by atoms with E-state index >= 15 is 0 Å². The molecular formula is C19H20O. The lowest BCUT2D eigenvalue weighted by Crippen LogP contribution is -2.23. The fourth-order valence-electron chi connectivity index (χ4n) is 2.61. The van der Waals surface area contributed by atoms with E-state index in [4.69, 9.17) is 0 Å². The SMILES string of the molecule is C/C(C=O)=C\C(C)(Cc1ccccc1)c1ccccc1. The minimum Gasteiger partial charge on any atom is -0.298 e. The molecule has 2 rings (SSSR count). The van der Waals surface area contributed by atoms with E-state index in [1.54, 1.807) is 0 Å². The van der Waals surface area contributed by atoms with Gasteiger partial charge >= 0.3 is 0 Å². The first-order chi connectivity index (χ1) is 9.64. The van der Waals surface area contributed by atoms with Crippen molar-refractivity contribution in [3.63, 3.8) is 0 Å². The van der Waals surface area contributed by atoms with E-state index in [0.717, 1.165) is 18.3 Å². The Morgan fingerprint density at radius 3 is 2.10 bits per heavy atom. The minimum absolute atomic E-state index is 0.173. The highest BCUT2D eigenvalue weighted by Crippen LogP contribution is 2.30. The molecule has 0 spiro atoms. The fraction of sp³-hybridized carbons (Fsp3) is 0.211. The highest BCUT2D eigenvalue weighted by molar-refractivity contribution is 5.72. The van der Waals surface area contributed by atoms with Crippen LogP contribution in [0.2, 0.25) is 0 Å². The Morgan fingerprint density at radius 1 is 1.00 bits per heavy atom. The molecular weight excluding hydrogens is 244 g/mol. The van der Waals surface area contributed by atoms with Gasteiger partial charge in [-0.2, -0.15) is 0 Å². The maximum atomic E-state index is 11.0. The van der Waals surface area contributed by atoms with Crippen molar-refractivity contribution in [2.75, 3.05) is 0 Å². The lowest BCUT2D eigenvalue weighted by molar-refractivity contribution is -0.104. The van der Waals surface area contributed by atoms with Crippen LogP contribution in [0.5, 0.6) is 0 Å². The first-order valence-electron chi connectivity index (χ1n) is 6.88. The van der Waals surface area contributed by atoms with E-state index in [9.17, 15) is 4.79 Å². The molecule has 102 valence electrons.